The number of benzene rings is 3. The zero-order valence-electron chi connectivity index (χ0n) is 26.5. The molecule has 0 amide bonds. The van der Waals surface area contributed by atoms with Crippen molar-refractivity contribution in [2.75, 3.05) is 0 Å². The monoisotopic (exact) mass is 598 g/mol. The van der Waals surface area contributed by atoms with Crippen molar-refractivity contribution < 1.29 is 0 Å². The standard InChI is InChI=1S/C42H38N4/c1-42(2,36-25-21-32(22-26-36)38-18-9-10-29-43-38)37-27-23-35(24-28-37)41-45-39(33-14-7-4-8-15-33)44-40(46-41)34-17-11-16-31(19-20-34)30-12-5-3-6-13-30/h3,5-7,12-29H,4,8-11H2,1-2H3. The van der Waals surface area contributed by atoms with E-state index in [4.69, 9.17) is 15.0 Å². The second-order valence-electron chi connectivity index (χ2n) is 12.5. The first-order valence-corrected chi connectivity index (χ1v) is 16.3. The van der Waals surface area contributed by atoms with Crippen LogP contribution >= 0.6 is 0 Å². The third-order valence-electron chi connectivity index (χ3n) is 9.00. The van der Waals surface area contributed by atoms with Gasteiger partial charge in [0.15, 0.2) is 17.5 Å². The number of aliphatic imine (C=N–C) groups is 1. The van der Waals surface area contributed by atoms with Gasteiger partial charge in [-0.1, -0.05) is 141 Å². The molecule has 4 aromatic rings. The molecule has 2 aliphatic carbocycles. The van der Waals surface area contributed by atoms with Crippen LogP contribution in [0, 0.1) is 0 Å². The summed E-state index contributed by atoms with van der Waals surface area (Å²) >= 11 is 0. The number of allylic oxidation sites excluding steroid dienone is 11. The quantitative estimate of drug-likeness (QED) is 0.213. The highest BCUT2D eigenvalue weighted by Gasteiger charge is 2.24. The molecule has 0 unspecified atom stereocenters. The predicted octanol–water partition coefficient (Wildman–Crippen LogP) is 10.2. The van der Waals surface area contributed by atoms with Crippen LogP contribution in [0.5, 0.6) is 0 Å². The van der Waals surface area contributed by atoms with Gasteiger partial charge in [0.25, 0.3) is 0 Å². The van der Waals surface area contributed by atoms with Gasteiger partial charge in [-0.3, -0.25) is 4.99 Å². The van der Waals surface area contributed by atoms with Crippen molar-refractivity contribution in [2.24, 2.45) is 4.99 Å². The average Bonchev–Trinajstić information content (AvgIpc) is 3.39. The summed E-state index contributed by atoms with van der Waals surface area (Å²) in [5.74, 6) is 2.10. The summed E-state index contributed by atoms with van der Waals surface area (Å²) in [6.45, 7) is 4.55. The number of rotatable bonds is 7. The lowest BCUT2D eigenvalue weighted by molar-refractivity contribution is 0.641. The van der Waals surface area contributed by atoms with Crippen LogP contribution < -0.4 is 0 Å². The molecular formula is C42H38N4. The summed E-state index contributed by atoms with van der Waals surface area (Å²) in [4.78, 5) is 19.6. The highest BCUT2D eigenvalue weighted by molar-refractivity contribution is 5.83. The number of nitrogens with zero attached hydrogens (tertiary/aromatic N) is 4. The Labute approximate surface area is 272 Å². The minimum atomic E-state index is -0.173. The topological polar surface area (TPSA) is 51.0 Å². The van der Waals surface area contributed by atoms with Crippen molar-refractivity contribution in [3.63, 3.8) is 0 Å². The third-order valence-corrected chi connectivity index (χ3v) is 9.00. The zero-order chi connectivity index (χ0) is 31.3. The van der Waals surface area contributed by atoms with Gasteiger partial charge in [-0.05, 0) is 59.9 Å². The van der Waals surface area contributed by atoms with E-state index in [1.165, 1.54) is 27.8 Å². The van der Waals surface area contributed by atoms with E-state index in [1.807, 2.05) is 12.3 Å². The molecular weight excluding hydrogens is 560 g/mol. The van der Waals surface area contributed by atoms with Gasteiger partial charge in [0, 0.05) is 28.3 Å². The molecule has 4 heteroatoms. The van der Waals surface area contributed by atoms with Gasteiger partial charge in [0.05, 0.1) is 5.70 Å². The lowest BCUT2D eigenvalue weighted by atomic mass is 9.77. The van der Waals surface area contributed by atoms with Crippen LogP contribution in [0.15, 0.2) is 132 Å². The maximum Gasteiger partial charge on any atom is 0.164 e. The molecule has 0 N–H and O–H groups in total. The van der Waals surface area contributed by atoms with Gasteiger partial charge in [-0.25, -0.2) is 15.0 Å². The van der Waals surface area contributed by atoms with Crippen LogP contribution in [-0.4, -0.2) is 21.2 Å². The third kappa shape index (κ3) is 6.29. The zero-order valence-corrected chi connectivity index (χ0v) is 26.5. The molecule has 0 fully saturated rings. The highest BCUT2D eigenvalue weighted by atomic mass is 15.0. The summed E-state index contributed by atoms with van der Waals surface area (Å²) in [6.07, 6.45) is 24.5. The maximum absolute atomic E-state index is 5.03. The minimum Gasteiger partial charge on any atom is -0.261 e. The predicted molar refractivity (Wildman–Crippen MR) is 192 cm³/mol. The second-order valence-corrected chi connectivity index (χ2v) is 12.5. The molecule has 226 valence electrons. The van der Waals surface area contributed by atoms with Crippen LogP contribution in [0.1, 0.15) is 79.9 Å². The smallest absolute Gasteiger partial charge is 0.164 e. The lowest BCUT2D eigenvalue weighted by Crippen LogP contribution is -2.18. The van der Waals surface area contributed by atoms with E-state index >= 15 is 0 Å². The SMILES string of the molecule is CC(C)(c1ccc(C2=CCCC=N2)cc1)c1ccc(-c2nc(C3=CCC=C(c4ccccc4)C=C3)nc(C3=CCCC=C3)n2)cc1. The summed E-state index contributed by atoms with van der Waals surface area (Å²) < 4.78 is 0. The van der Waals surface area contributed by atoms with Crippen molar-refractivity contribution >= 4 is 28.6 Å². The minimum absolute atomic E-state index is 0.173. The highest BCUT2D eigenvalue weighted by Crippen LogP contribution is 2.34. The fourth-order valence-electron chi connectivity index (χ4n) is 6.14. The van der Waals surface area contributed by atoms with Crippen molar-refractivity contribution in [1.82, 2.24) is 15.0 Å². The molecule has 3 aliphatic rings. The van der Waals surface area contributed by atoms with E-state index in [0.29, 0.717) is 17.5 Å². The van der Waals surface area contributed by atoms with Crippen LogP contribution in [0.2, 0.25) is 0 Å². The van der Waals surface area contributed by atoms with E-state index in [-0.39, 0.29) is 5.41 Å². The average molecular weight is 599 g/mol. The van der Waals surface area contributed by atoms with Crippen LogP contribution in [0.4, 0.5) is 0 Å². The Morgan fingerprint density at radius 1 is 0.500 bits per heavy atom. The Balaban J connectivity index is 1.19. The van der Waals surface area contributed by atoms with Gasteiger partial charge < -0.3 is 0 Å². The first-order valence-electron chi connectivity index (χ1n) is 16.3. The first-order chi connectivity index (χ1) is 22.5. The Bertz CT molecular complexity index is 1950. The van der Waals surface area contributed by atoms with E-state index in [9.17, 15) is 0 Å². The number of hydrogen-bond acceptors (Lipinski definition) is 4. The molecule has 0 bridgehead atoms. The van der Waals surface area contributed by atoms with Crippen LogP contribution in [-0.2, 0) is 5.41 Å². The molecule has 0 radical (unpaired) electrons. The van der Waals surface area contributed by atoms with Gasteiger partial charge in [0.2, 0.25) is 0 Å². The van der Waals surface area contributed by atoms with Gasteiger partial charge in [-0.15, -0.1) is 0 Å². The van der Waals surface area contributed by atoms with E-state index in [1.54, 1.807) is 0 Å². The fourth-order valence-corrected chi connectivity index (χ4v) is 6.14. The molecule has 1 aliphatic heterocycles. The van der Waals surface area contributed by atoms with Gasteiger partial charge >= 0.3 is 0 Å². The fraction of sp³-hybridized carbons (Fsp3) is 0.190. The summed E-state index contributed by atoms with van der Waals surface area (Å²) in [6, 6.07) is 28.1. The molecule has 46 heavy (non-hydrogen) atoms. The molecule has 0 atom stereocenters. The molecule has 0 saturated heterocycles. The molecule has 0 saturated carbocycles. The Morgan fingerprint density at radius 2 is 1.11 bits per heavy atom. The molecule has 2 heterocycles. The van der Waals surface area contributed by atoms with Gasteiger partial charge in [-0.2, -0.15) is 0 Å². The normalized spacial score (nSPS) is 16.3. The number of aromatic nitrogens is 3. The Kier molecular flexibility index (Phi) is 8.35. The van der Waals surface area contributed by atoms with Gasteiger partial charge in [0.1, 0.15) is 0 Å². The van der Waals surface area contributed by atoms with Crippen molar-refractivity contribution in [3.8, 4) is 11.4 Å². The Hall–Kier alpha value is -5.22. The number of hydrogen-bond donors (Lipinski definition) is 0. The van der Waals surface area contributed by atoms with Crippen molar-refractivity contribution in [1.29, 1.82) is 0 Å². The first kappa shape index (κ1) is 29.5. The van der Waals surface area contributed by atoms with Crippen molar-refractivity contribution in [3.05, 3.63) is 161 Å². The summed E-state index contributed by atoms with van der Waals surface area (Å²) in [7, 11) is 0. The maximum atomic E-state index is 5.03. The molecule has 1 aromatic heterocycles. The van der Waals surface area contributed by atoms with E-state index in [0.717, 1.165) is 54.5 Å². The second kappa shape index (κ2) is 13.0. The van der Waals surface area contributed by atoms with Crippen LogP contribution in [0.25, 0.3) is 33.8 Å². The molecule has 4 nitrogen and oxygen atoms in total. The van der Waals surface area contributed by atoms with Crippen molar-refractivity contribution in [2.45, 2.75) is 51.4 Å². The van der Waals surface area contributed by atoms with Crippen LogP contribution in [0.3, 0.4) is 0 Å². The largest absolute Gasteiger partial charge is 0.261 e. The lowest BCUT2D eigenvalue weighted by Gasteiger charge is -2.26. The molecule has 3 aromatic carbocycles. The summed E-state index contributed by atoms with van der Waals surface area (Å²) in [5, 5.41) is 0. The Morgan fingerprint density at radius 3 is 1.76 bits per heavy atom. The van der Waals surface area contributed by atoms with E-state index in [2.05, 4.69) is 140 Å². The van der Waals surface area contributed by atoms with E-state index < -0.39 is 0 Å². The molecule has 7 rings (SSSR count). The molecule has 0 spiro atoms. The summed E-state index contributed by atoms with van der Waals surface area (Å²) in [5.41, 5.74) is 10.00.